The summed E-state index contributed by atoms with van der Waals surface area (Å²) in [6.45, 7) is 5.89. The topological polar surface area (TPSA) is 62.3 Å². The van der Waals surface area contributed by atoms with Crippen LogP contribution in [-0.2, 0) is 16.5 Å². The zero-order chi connectivity index (χ0) is 12.7. The van der Waals surface area contributed by atoms with E-state index in [1.807, 2.05) is 20.2 Å². The second-order valence-electron chi connectivity index (χ2n) is 4.01. The summed E-state index contributed by atoms with van der Waals surface area (Å²) < 4.78 is 12.8. The van der Waals surface area contributed by atoms with E-state index in [0.29, 0.717) is 19.8 Å². The van der Waals surface area contributed by atoms with Crippen molar-refractivity contribution in [1.29, 1.82) is 0 Å². The maximum absolute atomic E-state index is 6.07. The molecule has 5 heteroatoms. The first-order valence-electron chi connectivity index (χ1n) is 6.12. The normalized spacial score (nSPS) is 14.8. The molecule has 2 atom stereocenters. The van der Waals surface area contributed by atoms with Gasteiger partial charge >= 0.3 is 0 Å². The van der Waals surface area contributed by atoms with Crippen molar-refractivity contribution in [3.05, 3.63) is 18.0 Å². The molecule has 0 bridgehead atoms. The first-order valence-corrected chi connectivity index (χ1v) is 6.12. The van der Waals surface area contributed by atoms with E-state index >= 15 is 0 Å². The minimum Gasteiger partial charge on any atom is -0.379 e. The Morgan fingerprint density at radius 3 is 2.71 bits per heavy atom. The van der Waals surface area contributed by atoms with Gasteiger partial charge in [0.15, 0.2) is 0 Å². The summed E-state index contributed by atoms with van der Waals surface area (Å²) in [5.74, 6) is 0. The molecule has 0 radical (unpaired) electrons. The van der Waals surface area contributed by atoms with Crippen molar-refractivity contribution in [2.45, 2.75) is 32.4 Å². The highest BCUT2D eigenvalue weighted by molar-refractivity contribution is 5.10. The van der Waals surface area contributed by atoms with Gasteiger partial charge in [-0.15, -0.1) is 0 Å². The lowest BCUT2D eigenvalue weighted by Crippen LogP contribution is -2.30. The molecule has 5 nitrogen and oxygen atoms in total. The third-order valence-electron chi connectivity index (χ3n) is 2.64. The summed E-state index contributed by atoms with van der Waals surface area (Å²) >= 11 is 0. The molecule has 0 spiro atoms. The van der Waals surface area contributed by atoms with E-state index in [9.17, 15) is 0 Å². The molecule has 2 unspecified atom stereocenters. The molecule has 0 aliphatic rings. The van der Waals surface area contributed by atoms with Crippen molar-refractivity contribution in [2.75, 3.05) is 19.8 Å². The average Bonchev–Trinajstić information content (AvgIpc) is 2.75. The van der Waals surface area contributed by atoms with Crippen molar-refractivity contribution >= 4 is 0 Å². The third kappa shape index (κ3) is 4.46. The standard InChI is InChI=1S/C12H23N3O2/c1-4-11(13)12(17-7-6-16-5-2)10-8-14-15(3)9-10/h8-9,11-12H,4-7,13H2,1-3H3. The predicted octanol–water partition coefficient (Wildman–Crippen LogP) is 1.25. The largest absolute Gasteiger partial charge is 0.379 e. The first kappa shape index (κ1) is 14.2. The summed E-state index contributed by atoms with van der Waals surface area (Å²) in [6, 6.07) is -0.0131. The molecule has 17 heavy (non-hydrogen) atoms. The lowest BCUT2D eigenvalue weighted by Gasteiger charge is -2.22. The van der Waals surface area contributed by atoms with Crippen LogP contribution in [-0.4, -0.2) is 35.6 Å². The van der Waals surface area contributed by atoms with Crippen molar-refractivity contribution < 1.29 is 9.47 Å². The van der Waals surface area contributed by atoms with Crippen LogP contribution in [0.25, 0.3) is 0 Å². The first-order chi connectivity index (χ1) is 8.19. The van der Waals surface area contributed by atoms with Gasteiger partial charge in [0.25, 0.3) is 0 Å². The van der Waals surface area contributed by atoms with Gasteiger partial charge in [0.2, 0.25) is 0 Å². The molecule has 0 saturated heterocycles. The molecule has 2 N–H and O–H groups in total. The summed E-state index contributed by atoms with van der Waals surface area (Å²) in [6.07, 6.45) is 4.52. The average molecular weight is 241 g/mol. The van der Waals surface area contributed by atoms with Crippen LogP contribution in [0.15, 0.2) is 12.4 Å². The van der Waals surface area contributed by atoms with Gasteiger partial charge in [0.05, 0.1) is 19.4 Å². The zero-order valence-electron chi connectivity index (χ0n) is 10.9. The SMILES string of the molecule is CCOCCOC(c1cnn(C)c1)C(N)CC. The quantitative estimate of drug-likeness (QED) is 0.696. The van der Waals surface area contributed by atoms with Crippen LogP contribution in [0.4, 0.5) is 0 Å². The number of hydrogen-bond acceptors (Lipinski definition) is 4. The molecule has 1 heterocycles. The Labute approximate surface area is 103 Å². The Hall–Kier alpha value is -0.910. The van der Waals surface area contributed by atoms with Gasteiger partial charge in [0.1, 0.15) is 6.10 Å². The van der Waals surface area contributed by atoms with Crippen LogP contribution in [0.3, 0.4) is 0 Å². The molecule has 0 aliphatic carbocycles. The van der Waals surface area contributed by atoms with Crippen LogP contribution in [0.2, 0.25) is 0 Å². The Balaban J connectivity index is 2.55. The number of ether oxygens (including phenoxy) is 2. The van der Waals surface area contributed by atoms with Crippen molar-refractivity contribution in [1.82, 2.24) is 9.78 Å². The minimum absolute atomic E-state index is 0.0131. The maximum atomic E-state index is 6.07. The van der Waals surface area contributed by atoms with Crippen molar-refractivity contribution in [3.63, 3.8) is 0 Å². The Bertz CT molecular complexity index is 314. The molecule has 1 aromatic heterocycles. The summed E-state index contributed by atoms with van der Waals surface area (Å²) in [5.41, 5.74) is 7.10. The van der Waals surface area contributed by atoms with Gasteiger partial charge in [0, 0.05) is 31.5 Å². The van der Waals surface area contributed by atoms with Crippen LogP contribution in [0.5, 0.6) is 0 Å². The fourth-order valence-electron chi connectivity index (χ4n) is 1.65. The monoisotopic (exact) mass is 241 g/mol. The molecular formula is C12H23N3O2. The maximum Gasteiger partial charge on any atom is 0.101 e. The zero-order valence-corrected chi connectivity index (χ0v) is 10.9. The number of hydrogen-bond donors (Lipinski definition) is 1. The highest BCUT2D eigenvalue weighted by atomic mass is 16.5. The van der Waals surface area contributed by atoms with E-state index in [0.717, 1.165) is 12.0 Å². The Morgan fingerprint density at radius 2 is 2.18 bits per heavy atom. The minimum atomic E-state index is -0.103. The van der Waals surface area contributed by atoms with Gasteiger partial charge in [-0.25, -0.2) is 0 Å². The Morgan fingerprint density at radius 1 is 1.41 bits per heavy atom. The Kier molecular flexibility index (Phi) is 6.18. The predicted molar refractivity (Wildman–Crippen MR) is 66.7 cm³/mol. The molecule has 0 fully saturated rings. The molecule has 0 amide bonds. The highest BCUT2D eigenvalue weighted by Crippen LogP contribution is 2.21. The summed E-state index contributed by atoms with van der Waals surface area (Å²) in [7, 11) is 1.89. The molecule has 0 aliphatic heterocycles. The summed E-state index contributed by atoms with van der Waals surface area (Å²) in [5, 5.41) is 4.15. The smallest absolute Gasteiger partial charge is 0.101 e. The molecule has 0 aromatic carbocycles. The second kappa shape index (κ2) is 7.42. The molecule has 0 saturated carbocycles. The number of aryl methyl sites for hydroxylation is 1. The number of rotatable bonds is 8. The van der Waals surface area contributed by atoms with Gasteiger partial charge in [-0.05, 0) is 13.3 Å². The molecule has 98 valence electrons. The highest BCUT2D eigenvalue weighted by Gasteiger charge is 2.20. The van der Waals surface area contributed by atoms with Crippen molar-refractivity contribution in [3.8, 4) is 0 Å². The van der Waals surface area contributed by atoms with E-state index in [1.165, 1.54) is 0 Å². The fourth-order valence-corrected chi connectivity index (χ4v) is 1.65. The molecular weight excluding hydrogens is 218 g/mol. The number of aromatic nitrogens is 2. The van der Waals surface area contributed by atoms with E-state index < -0.39 is 0 Å². The fraction of sp³-hybridized carbons (Fsp3) is 0.750. The number of nitrogens with two attached hydrogens (primary N) is 1. The molecule has 1 aromatic rings. The van der Waals surface area contributed by atoms with E-state index in [2.05, 4.69) is 12.0 Å². The summed E-state index contributed by atoms with van der Waals surface area (Å²) in [4.78, 5) is 0. The third-order valence-corrected chi connectivity index (χ3v) is 2.64. The van der Waals surface area contributed by atoms with Gasteiger partial charge in [-0.1, -0.05) is 6.92 Å². The lowest BCUT2D eigenvalue weighted by atomic mass is 10.0. The van der Waals surface area contributed by atoms with Crippen molar-refractivity contribution in [2.24, 2.45) is 12.8 Å². The number of nitrogens with zero attached hydrogens (tertiary/aromatic N) is 2. The van der Waals surface area contributed by atoms with E-state index in [1.54, 1.807) is 10.9 Å². The van der Waals surface area contributed by atoms with Gasteiger partial charge < -0.3 is 15.2 Å². The molecule has 1 rings (SSSR count). The van der Waals surface area contributed by atoms with Crippen LogP contribution in [0.1, 0.15) is 31.9 Å². The van der Waals surface area contributed by atoms with E-state index in [4.69, 9.17) is 15.2 Å². The lowest BCUT2D eigenvalue weighted by molar-refractivity contribution is -0.00551. The van der Waals surface area contributed by atoms with Crippen LogP contribution < -0.4 is 5.73 Å². The van der Waals surface area contributed by atoms with Crippen LogP contribution in [0, 0.1) is 0 Å². The van der Waals surface area contributed by atoms with Gasteiger partial charge in [-0.3, -0.25) is 4.68 Å². The van der Waals surface area contributed by atoms with Gasteiger partial charge in [-0.2, -0.15) is 5.10 Å². The second-order valence-corrected chi connectivity index (χ2v) is 4.01. The van der Waals surface area contributed by atoms with E-state index in [-0.39, 0.29) is 12.1 Å². The van der Waals surface area contributed by atoms with Crippen LogP contribution >= 0.6 is 0 Å².